The first kappa shape index (κ1) is 19.5. The van der Waals surface area contributed by atoms with Gasteiger partial charge < -0.3 is 15.0 Å². The first-order chi connectivity index (χ1) is 11.2. The second kappa shape index (κ2) is 8.34. The van der Waals surface area contributed by atoms with Gasteiger partial charge in [-0.15, -0.1) is 0 Å². The van der Waals surface area contributed by atoms with E-state index >= 15 is 0 Å². The zero-order valence-electron chi connectivity index (χ0n) is 14.9. The minimum absolute atomic E-state index is 0.339. The van der Waals surface area contributed by atoms with E-state index in [1.807, 2.05) is 33.8 Å². The van der Waals surface area contributed by atoms with Crippen LogP contribution in [-0.2, 0) is 4.74 Å². The molecule has 8 heteroatoms. The molecule has 0 aromatic carbocycles. The van der Waals surface area contributed by atoms with Crippen LogP contribution < -0.4 is 10.9 Å². The van der Waals surface area contributed by atoms with E-state index in [0.29, 0.717) is 25.2 Å². The summed E-state index contributed by atoms with van der Waals surface area (Å²) >= 11 is 0. The lowest BCUT2D eigenvalue weighted by Gasteiger charge is -2.24. The molecule has 0 saturated heterocycles. The summed E-state index contributed by atoms with van der Waals surface area (Å²) in [4.78, 5) is 25.3. The molecule has 1 unspecified atom stereocenters. The molecule has 24 heavy (non-hydrogen) atoms. The molecule has 0 fully saturated rings. The zero-order chi connectivity index (χ0) is 18.3. The molecule has 0 aliphatic heterocycles. The van der Waals surface area contributed by atoms with E-state index in [2.05, 4.69) is 10.4 Å². The molecule has 1 N–H and O–H groups in total. The maximum absolute atomic E-state index is 12.0. The maximum Gasteiger partial charge on any atom is 0.410 e. The van der Waals surface area contributed by atoms with Gasteiger partial charge in [-0.3, -0.25) is 4.79 Å². The van der Waals surface area contributed by atoms with E-state index < -0.39 is 17.7 Å². The SMILES string of the molecule is CCC(C#N)n1ncc(NCCN(C)C(=O)OC(C)(C)C)cc1=O. The third-order valence-corrected chi connectivity index (χ3v) is 3.14. The lowest BCUT2D eigenvalue weighted by Crippen LogP contribution is -2.36. The van der Waals surface area contributed by atoms with E-state index in [1.165, 1.54) is 17.2 Å². The lowest BCUT2D eigenvalue weighted by atomic mass is 10.2. The number of nitrogens with zero attached hydrogens (tertiary/aromatic N) is 4. The number of likely N-dealkylation sites (N-methyl/N-ethyl adjacent to an activating group) is 1. The average molecular weight is 335 g/mol. The van der Waals surface area contributed by atoms with Gasteiger partial charge in [-0.05, 0) is 27.2 Å². The van der Waals surface area contributed by atoms with Crippen LogP contribution in [0.1, 0.15) is 40.2 Å². The summed E-state index contributed by atoms with van der Waals surface area (Å²) in [6, 6.07) is 2.86. The van der Waals surface area contributed by atoms with Gasteiger partial charge in [0, 0.05) is 26.2 Å². The van der Waals surface area contributed by atoms with Gasteiger partial charge in [0.1, 0.15) is 11.6 Å². The van der Waals surface area contributed by atoms with Crippen molar-refractivity contribution in [2.75, 3.05) is 25.5 Å². The predicted octanol–water partition coefficient (Wildman–Crippen LogP) is 2.00. The van der Waals surface area contributed by atoms with Crippen LogP contribution in [0.15, 0.2) is 17.1 Å². The van der Waals surface area contributed by atoms with Crippen molar-refractivity contribution in [2.45, 2.75) is 45.8 Å². The Bertz CT molecular complexity index is 657. The number of aromatic nitrogens is 2. The van der Waals surface area contributed by atoms with E-state index in [-0.39, 0.29) is 5.56 Å². The fourth-order valence-corrected chi connectivity index (χ4v) is 1.87. The number of rotatable bonds is 6. The highest BCUT2D eigenvalue weighted by molar-refractivity contribution is 5.67. The molecular formula is C16H25N5O3. The van der Waals surface area contributed by atoms with Crippen molar-refractivity contribution in [1.29, 1.82) is 5.26 Å². The monoisotopic (exact) mass is 335 g/mol. The Morgan fingerprint density at radius 3 is 2.71 bits per heavy atom. The second-order valence-corrected chi connectivity index (χ2v) is 6.41. The molecule has 1 heterocycles. The highest BCUT2D eigenvalue weighted by Crippen LogP contribution is 2.09. The first-order valence-electron chi connectivity index (χ1n) is 7.84. The van der Waals surface area contributed by atoms with Gasteiger partial charge in [0.05, 0.1) is 18.0 Å². The zero-order valence-corrected chi connectivity index (χ0v) is 14.9. The largest absolute Gasteiger partial charge is 0.444 e. The number of nitriles is 1. The molecule has 0 radical (unpaired) electrons. The Kier molecular flexibility index (Phi) is 6.77. The van der Waals surface area contributed by atoms with Crippen LogP contribution in [0.4, 0.5) is 10.5 Å². The van der Waals surface area contributed by atoms with Gasteiger partial charge >= 0.3 is 6.09 Å². The van der Waals surface area contributed by atoms with Crippen molar-refractivity contribution < 1.29 is 9.53 Å². The van der Waals surface area contributed by atoms with E-state index in [0.717, 1.165) is 4.68 Å². The third-order valence-electron chi connectivity index (χ3n) is 3.14. The summed E-state index contributed by atoms with van der Waals surface area (Å²) < 4.78 is 6.42. The molecule has 0 bridgehead atoms. The van der Waals surface area contributed by atoms with Crippen molar-refractivity contribution in [3.63, 3.8) is 0 Å². The molecule has 1 aromatic rings. The Morgan fingerprint density at radius 1 is 1.54 bits per heavy atom. The summed E-state index contributed by atoms with van der Waals surface area (Å²) in [5.41, 5.74) is -0.334. The number of hydrogen-bond donors (Lipinski definition) is 1. The maximum atomic E-state index is 12.0. The standard InChI is InChI=1S/C16H25N5O3/c1-6-13(10-17)21-14(22)9-12(11-19-21)18-7-8-20(5)15(23)24-16(2,3)4/h9,11,13,18H,6-8H2,1-5H3. The number of ether oxygens (including phenoxy) is 1. The van der Waals surface area contributed by atoms with Crippen LogP contribution in [0.5, 0.6) is 0 Å². The van der Waals surface area contributed by atoms with Crippen molar-refractivity contribution in [1.82, 2.24) is 14.7 Å². The number of carbonyl (C=O) groups is 1. The average Bonchev–Trinajstić information content (AvgIpc) is 2.48. The van der Waals surface area contributed by atoms with Gasteiger partial charge in [0.25, 0.3) is 5.56 Å². The summed E-state index contributed by atoms with van der Waals surface area (Å²) in [5, 5.41) is 16.0. The summed E-state index contributed by atoms with van der Waals surface area (Å²) in [6.07, 6.45) is 1.60. The van der Waals surface area contributed by atoms with Gasteiger partial charge in [0.2, 0.25) is 0 Å². The molecule has 0 spiro atoms. The van der Waals surface area contributed by atoms with Gasteiger partial charge in [-0.25, -0.2) is 9.48 Å². The Morgan fingerprint density at radius 2 is 2.21 bits per heavy atom. The number of hydrogen-bond acceptors (Lipinski definition) is 6. The third kappa shape index (κ3) is 5.91. The minimum atomic E-state index is -0.565. The second-order valence-electron chi connectivity index (χ2n) is 6.41. The van der Waals surface area contributed by atoms with E-state index in [1.54, 1.807) is 7.05 Å². The fourth-order valence-electron chi connectivity index (χ4n) is 1.87. The topological polar surface area (TPSA) is 100 Å². The molecule has 0 aliphatic rings. The number of nitrogens with one attached hydrogen (secondary N) is 1. The number of carbonyl (C=O) groups excluding carboxylic acids is 1. The summed E-state index contributed by atoms with van der Waals surface area (Å²) in [7, 11) is 1.64. The molecule has 1 aromatic heterocycles. The van der Waals surface area contributed by atoms with Crippen LogP contribution >= 0.6 is 0 Å². The Labute approximate surface area is 142 Å². The van der Waals surface area contributed by atoms with Crippen LogP contribution in [0.3, 0.4) is 0 Å². The molecule has 8 nitrogen and oxygen atoms in total. The lowest BCUT2D eigenvalue weighted by molar-refractivity contribution is 0.0305. The van der Waals surface area contributed by atoms with Crippen molar-refractivity contribution in [3.8, 4) is 6.07 Å². The van der Waals surface area contributed by atoms with E-state index in [4.69, 9.17) is 10.00 Å². The highest BCUT2D eigenvalue weighted by atomic mass is 16.6. The first-order valence-corrected chi connectivity index (χ1v) is 7.84. The predicted molar refractivity (Wildman–Crippen MR) is 90.8 cm³/mol. The van der Waals surface area contributed by atoms with Gasteiger partial charge in [-0.1, -0.05) is 6.92 Å². The van der Waals surface area contributed by atoms with Crippen LogP contribution in [0, 0.1) is 11.3 Å². The summed E-state index contributed by atoms with van der Waals surface area (Å²) in [6.45, 7) is 8.10. The molecule has 0 saturated carbocycles. The highest BCUT2D eigenvalue weighted by Gasteiger charge is 2.19. The van der Waals surface area contributed by atoms with Crippen LogP contribution in [0.2, 0.25) is 0 Å². The molecule has 0 aliphatic carbocycles. The Hall–Kier alpha value is -2.56. The molecule has 1 amide bonds. The molecule has 1 atom stereocenters. The van der Waals surface area contributed by atoms with Crippen LogP contribution in [-0.4, -0.2) is 46.5 Å². The van der Waals surface area contributed by atoms with Gasteiger partial charge in [0.15, 0.2) is 0 Å². The Balaban J connectivity index is 2.57. The normalized spacial score (nSPS) is 12.2. The van der Waals surface area contributed by atoms with Crippen molar-refractivity contribution >= 4 is 11.8 Å². The van der Waals surface area contributed by atoms with Crippen LogP contribution in [0.25, 0.3) is 0 Å². The van der Waals surface area contributed by atoms with Crippen molar-refractivity contribution in [2.24, 2.45) is 0 Å². The smallest absolute Gasteiger partial charge is 0.410 e. The van der Waals surface area contributed by atoms with E-state index in [9.17, 15) is 9.59 Å². The number of amides is 1. The number of anilines is 1. The molecule has 132 valence electrons. The summed E-state index contributed by atoms with van der Waals surface area (Å²) in [5.74, 6) is 0. The minimum Gasteiger partial charge on any atom is -0.444 e. The van der Waals surface area contributed by atoms with Crippen molar-refractivity contribution in [3.05, 3.63) is 22.6 Å². The molecule has 1 rings (SSSR count). The quantitative estimate of drug-likeness (QED) is 0.853. The fraction of sp³-hybridized carbons (Fsp3) is 0.625. The molecular weight excluding hydrogens is 310 g/mol. The van der Waals surface area contributed by atoms with Gasteiger partial charge in [-0.2, -0.15) is 10.4 Å².